The van der Waals surface area contributed by atoms with Crippen molar-refractivity contribution < 1.29 is 17.6 Å². The molecule has 0 saturated carbocycles. The SMILES string of the molecule is CCc1cc(C(=O)NS(=O)(=O)CC)c(F)cc1CN1CCN(c2ccc(Cl)c(Cl)c2)CC1. The van der Waals surface area contributed by atoms with Crippen molar-refractivity contribution in [3.63, 3.8) is 0 Å². The van der Waals surface area contributed by atoms with Gasteiger partial charge in [-0.05, 0) is 54.8 Å². The topological polar surface area (TPSA) is 69.7 Å². The average molecular weight is 502 g/mol. The Morgan fingerprint density at radius 1 is 1.03 bits per heavy atom. The molecule has 174 valence electrons. The molecule has 2 aromatic carbocycles. The summed E-state index contributed by atoms with van der Waals surface area (Å²) in [5, 5.41) is 1.04. The van der Waals surface area contributed by atoms with Crippen molar-refractivity contribution in [3.05, 3.63) is 62.9 Å². The third-order valence-electron chi connectivity index (χ3n) is 5.58. The van der Waals surface area contributed by atoms with E-state index < -0.39 is 21.7 Å². The molecule has 0 radical (unpaired) electrons. The average Bonchev–Trinajstić information content (AvgIpc) is 2.76. The van der Waals surface area contributed by atoms with Gasteiger partial charge in [0.2, 0.25) is 10.0 Å². The molecule has 1 amide bonds. The zero-order chi connectivity index (χ0) is 23.5. The third kappa shape index (κ3) is 5.92. The maximum absolute atomic E-state index is 14.7. The lowest BCUT2D eigenvalue weighted by atomic mass is 10.00. The molecular formula is C22H26Cl2FN3O3S. The number of aryl methyl sites for hydroxylation is 1. The summed E-state index contributed by atoms with van der Waals surface area (Å²) in [7, 11) is -3.76. The fraction of sp³-hybridized carbons (Fsp3) is 0.409. The summed E-state index contributed by atoms with van der Waals surface area (Å²) < 4.78 is 39.9. The molecule has 6 nitrogen and oxygen atoms in total. The molecule has 0 atom stereocenters. The Labute approximate surface area is 198 Å². The van der Waals surface area contributed by atoms with Gasteiger partial charge in [-0.2, -0.15) is 0 Å². The molecule has 0 spiro atoms. The van der Waals surface area contributed by atoms with Gasteiger partial charge in [-0.3, -0.25) is 9.69 Å². The molecule has 1 saturated heterocycles. The number of halogens is 3. The fourth-order valence-electron chi connectivity index (χ4n) is 3.66. The van der Waals surface area contributed by atoms with Gasteiger partial charge in [-0.25, -0.2) is 17.5 Å². The Kier molecular flexibility index (Phi) is 8.03. The molecular weight excluding hydrogens is 476 g/mol. The van der Waals surface area contributed by atoms with E-state index in [4.69, 9.17) is 23.2 Å². The Balaban J connectivity index is 1.69. The van der Waals surface area contributed by atoms with Gasteiger partial charge in [0.25, 0.3) is 5.91 Å². The Morgan fingerprint density at radius 3 is 2.31 bits per heavy atom. The number of carbonyl (C=O) groups excluding carboxylic acids is 1. The Bertz CT molecular complexity index is 1100. The number of sulfonamides is 1. The largest absolute Gasteiger partial charge is 0.369 e. The summed E-state index contributed by atoms with van der Waals surface area (Å²) in [6, 6.07) is 8.38. The number of rotatable bonds is 7. The molecule has 1 aliphatic heterocycles. The molecule has 2 aromatic rings. The monoisotopic (exact) mass is 501 g/mol. The van der Waals surface area contributed by atoms with E-state index in [0.29, 0.717) is 23.0 Å². The quantitative estimate of drug-likeness (QED) is 0.618. The third-order valence-corrected chi connectivity index (χ3v) is 7.57. The minimum absolute atomic E-state index is 0.257. The van der Waals surface area contributed by atoms with E-state index in [-0.39, 0.29) is 11.3 Å². The first-order chi connectivity index (χ1) is 15.1. The number of hydrogen-bond donors (Lipinski definition) is 1. The summed E-state index contributed by atoms with van der Waals surface area (Å²) in [6.45, 7) is 7.01. The number of hydrogen-bond acceptors (Lipinski definition) is 5. The van der Waals surface area contributed by atoms with Crippen LogP contribution in [0, 0.1) is 5.82 Å². The van der Waals surface area contributed by atoms with Crippen molar-refractivity contribution in [2.45, 2.75) is 26.8 Å². The Morgan fingerprint density at radius 2 is 1.72 bits per heavy atom. The van der Waals surface area contributed by atoms with Gasteiger partial charge in [0.1, 0.15) is 5.82 Å². The maximum Gasteiger partial charge on any atom is 0.267 e. The van der Waals surface area contributed by atoms with Crippen LogP contribution in [0.5, 0.6) is 0 Å². The van der Waals surface area contributed by atoms with Crippen molar-refractivity contribution in [3.8, 4) is 0 Å². The summed E-state index contributed by atoms with van der Waals surface area (Å²) in [5.41, 5.74) is 2.36. The number of amides is 1. The first-order valence-electron chi connectivity index (χ1n) is 10.4. The van der Waals surface area contributed by atoms with E-state index in [9.17, 15) is 17.6 Å². The van der Waals surface area contributed by atoms with Crippen LogP contribution in [0.1, 0.15) is 35.3 Å². The van der Waals surface area contributed by atoms with E-state index in [1.54, 1.807) is 6.07 Å². The van der Waals surface area contributed by atoms with E-state index in [0.717, 1.165) is 43.0 Å². The van der Waals surface area contributed by atoms with E-state index in [1.807, 2.05) is 23.8 Å². The van der Waals surface area contributed by atoms with E-state index in [2.05, 4.69) is 9.80 Å². The summed E-state index contributed by atoms with van der Waals surface area (Å²) in [5.74, 6) is -1.93. The van der Waals surface area contributed by atoms with Crippen LogP contribution in [0.25, 0.3) is 0 Å². The van der Waals surface area contributed by atoms with Crippen LogP contribution in [-0.4, -0.2) is 51.2 Å². The predicted octanol–water partition coefficient (Wildman–Crippen LogP) is 4.10. The highest BCUT2D eigenvalue weighted by atomic mass is 35.5. The minimum atomic E-state index is -3.76. The number of benzene rings is 2. The maximum atomic E-state index is 14.7. The number of anilines is 1. The molecule has 1 heterocycles. The second-order valence-electron chi connectivity index (χ2n) is 7.65. The second-order valence-corrected chi connectivity index (χ2v) is 10.5. The summed E-state index contributed by atoms with van der Waals surface area (Å²) in [6.07, 6.45) is 0.597. The lowest BCUT2D eigenvalue weighted by molar-refractivity contribution is 0.0977. The van der Waals surface area contributed by atoms with Crippen LogP contribution >= 0.6 is 23.2 Å². The van der Waals surface area contributed by atoms with Crippen LogP contribution in [0.15, 0.2) is 30.3 Å². The first-order valence-corrected chi connectivity index (χ1v) is 12.8. The van der Waals surface area contributed by atoms with Gasteiger partial charge in [0, 0.05) is 38.4 Å². The molecule has 3 rings (SSSR count). The van der Waals surface area contributed by atoms with Crippen molar-refractivity contribution >= 4 is 44.8 Å². The van der Waals surface area contributed by atoms with Gasteiger partial charge < -0.3 is 4.90 Å². The predicted molar refractivity (Wildman–Crippen MR) is 127 cm³/mol. The molecule has 1 N–H and O–H groups in total. The number of carbonyl (C=O) groups is 1. The zero-order valence-electron chi connectivity index (χ0n) is 18.0. The number of nitrogens with one attached hydrogen (secondary N) is 1. The van der Waals surface area contributed by atoms with Crippen LogP contribution in [0.2, 0.25) is 10.0 Å². The first kappa shape index (κ1) is 24.8. The van der Waals surface area contributed by atoms with Crippen molar-refractivity contribution in [1.29, 1.82) is 0 Å². The van der Waals surface area contributed by atoms with Gasteiger partial charge in [0.15, 0.2) is 0 Å². The molecule has 10 heteroatoms. The zero-order valence-corrected chi connectivity index (χ0v) is 20.3. The van der Waals surface area contributed by atoms with E-state index in [1.165, 1.54) is 19.1 Å². The highest BCUT2D eigenvalue weighted by molar-refractivity contribution is 7.90. The highest BCUT2D eigenvalue weighted by Crippen LogP contribution is 2.28. The molecule has 0 bridgehead atoms. The molecule has 0 aliphatic carbocycles. The lowest BCUT2D eigenvalue weighted by Gasteiger charge is -2.36. The molecule has 1 aliphatic rings. The molecule has 32 heavy (non-hydrogen) atoms. The van der Waals surface area contributed by atoms with Crippen LogP contribution in [0.4, 0.5) is 10.1 Å². The lowest BCUT2D eigenvalue weighted by Crippen LogP contribution is -2.46. The van der Waals surface area contributed by atoms with Gasteiger partial charge in [-0.15, -0.1) is 0 Å². The van der Waals surface area contributed by atoms with E-state index >= 15 is 0 Å². The molecule has 0 unspecified atom stereocenters. The standard InChI is InChI=1S/C22H26Cl2FN3O3S/c1-3-15-11-18(22(29)26-32(30,31)4-2)21(25)12-16(15)14-27-7-9-28(10-8-27)17-5-6-19(23)20(24)13-17/h5-6,11-13H,3-4,7-10,14H2,1-2H3,(H,26,29). The number of piperazine rings is 1. The summed E-state index contributed by atoms with van der Waals surface area (Å²) >= 11 is 12.1. The second kappa shape index (κ2) is 10.4. The molecule has 0 aromatic heterocycles. The normalized spacial score (nSPS) is 15.1. The smallest absolute Gasteiger partial charge is 0.267 e. The van der Waals surface area contributed by atoms with Gasteiger partial charge in [0.05, 0.1) is 21.4 Å². The highest BCUT2D eigenvalue weighted by Gasteiger charge is 2.22. The van der Waals surface area contributed by atoms with Crippen molar-refractivity contribution in [1.82, 2.24) is 9.62 Å². The fourth-order valence-corrected chi connectivity index (χ4v) is 4.49. The summed E-state index contributed by atoms with van der Waals surface area (Å²) in [4.78, 5) is 16.7. The van der Waals surface area contributed by atoms with Crippen molar-refractivity contribution in [2.75, 3.05) is 36.8 Å². The Hall–Kier alpha value is -1.87. The number of nitrogens with zero attached hydrogens (tertiary/aromatic N) is 2. The van der Waals surface area contributed by atoms with Crippen molar-refractivity contribution in [2.24, 2.45) is 0 Å². The van der Waals surface area contributed by atoms with Gasteiger partial charge >= 0.3 is 0 Å². The van der Waals surface area contributed by atoms with Crippen LogP contribution in [0.3, 0.4) is 0 Å². The van der Waals surface area contributed by atoms with Crippen LogP contribution in [-0.2, 0) is 23.0 Å². The molecule has 1 fully saturated rings. The van der Waals surface area contributed by atoms with Crippen LogP contribution < -0.4 is 9.62 Å². The van der Waals surface area contributed by atoms with Gasteiger partial charge in [-0.1, -0.05) is 30.1 Å². The minimum Gasteiger partial charge on any atom is -0.369 e.